The van der Waals surface area contributed by atoms with Crippen molar-refractivity contribution in [3.63, 3.8) is 0 Å². The SMILES string of the molecule is Cl.Cl.NC1CCC(C(=O)N2CCN(C(=O)CN3CCCC3)CC2)C1. The molecule has 24 heavy (non-hydrogen) atoms. The van der Waals surface area contributed by atoms with Gasteiger partial charge in [-0.2, -0.15) is 0 Å². The number of hydrogen-bond donors (Lipinski definition) is 1. The number of piperazine rings is 1. The lowest BCUT2D eigenvalue weighted by atomic mass is 10.1. The van der Waals surface area contributed by atoms with Crippen molar-refractivity contribution in [1.29, 1.82) is 0 Å². The number of nitrogens with zero attached hydrogens (tertiary/aromatic N) is 3. The Hall–Kier alpha value is -0.560. The maximum Gasteiger partial charge on any atom is 0.236 e. The highest BCUT2D eigenvalue weighted by atomic mass is 35.5. The molecule has 2 atom stereocenters. The topological polar surface area (TPSA) is 69.9 Å². The first-order valence-electron chi connectivity index (χ1n) is 8.68. The predicted molar refractivity (Wildman–Crippen MR) is 98.6 cm³/mol. The van der Waals surface area contributed by atoms with Crippen molar-refractivity contribution >= 4 is 36.6 Å². The quantitative estimate of drug-likeness (QED) is 0.783. The average Bonchev–Trinajstić information content (AvgIpc) is 3.18. The Morgan fingerprint density at radius 2 is 1.46 bits per heavy atom. The summed E-state index contributed by atoms with van der Waals surface area (Å²) in [5.74, 6) is 0.582. The summed E-state index contributed by atoms with van der Waals surface area (Å²) in [4.78, 5) is 30.8. The van der Waals surface area contributed by atoms with Crippen LogP contribution in [0, 0.1) is 5.92 Å². The summed E-state index contributed by atoms with van der Waals surface area (Å²) in [5.41, 5.74) is 5.90. The molecule has 8 heteroatoms. The van der Waals surface area contributed by atoms with Crippen LogP contribution in [0.3, 0.4) is 0 Å². The summed E-state index contributed by atoms with van der Waals surface area (Å²) in [6.45, 7) is 5.35. The first kappa shape index (κ1) is 21.5. The molecule has 3 rings (SSSR count). The van der Waals surface area contributed by atoms with Gasteiger partial charge in [-0.05, 0) is 45.2 Å². The minimum atomic E-state index is 0. The van der Waals surface area contributed by atoms with Crippen molar-refractivity contribution in [1.82, 2.24) is 14.7 Å². The van der Waals surface area contributed by atoms with Crippen LogP contribution in [0.15, 0.2) is 0 Å². The van der Waals surface area contributed by atoms with Crippen LogP contribution in [0.2, 0.25) is 0 Å². The average molecular weight is 381 g/mol. The normalized spacial score (nSPS) is 27.5. The van der Waals surface area contributed by atoms with Crippen molar-refractivity contribution in [2.24, 2.45) is 11.7 Å². The zero-order chi connectivity index (χ0) is 15.5. The van der Waals surface area contributed by atoms with Crippen molar-refractivity contribution in [2.45, 2.75) is 38.1 Å². The molecule has 3 aliphatic rings. The number of amides is 2. The largest absolute Gasteiger partial charge is 0.339 e. The van der Waals surface area contributed by atoms with Gasteiger partial charge in [0.25, 0.3) is 0 Å². The molecule has 1 aliphatic carbocycles. The number of carbonyl (C=O) groups is 2. The lowest BCUT2D eigenvalue weighted by molar-refractivity contribution is -0.142. The monoisotopic (exact) mass is 380 g/mol. The van der Waals surface area contributed by atoms with Gasteiger partial charge in [0.05, 0.1) is 6.54 Å². The summed E-state index contributed by atoms with van der Waals surface area (Å²) < 4.78 is 0. The summed E-state index contributed by atoms with van der Waals surface area (Å²) in [6.07, 6.45) is 5.13. The zero-order valence-corrected chi connectivity index (χ0v) is 15.8. The molecule has 0 radical (unpaired) electrons. The molecule has 2 amide bonds. The van der Waals surface area contributed by atoms with Gasteiger partial charge in [0, 0.05) is 38.1 Å². The van der Waals surface area contributed by atoms with E-state index < -0.39 is 0 Å². The van der Waals surface area contributed by atoms with E-state index in [0.717, 1.165) is 32.4 Å². The molecule has 2 heterocycles. The van der Waals surface area contributed by atoms with E-state index in [1.807, 2.05) is 9.80 Å². The van der Waals surface area contributed by atoms with Gasteiger partial charge in [-0.25, -0.2) is 0 Å². The summed E-state index contributed by atoms with van der Waals surface area (Å²) in [7, 11) is 0. The standard InChI is InChI=1S/C16H28N4O2.2ClH/c17-14-4-3-13(11-14)16(22)20-9-7-19(8-10-20)15(21)12-18-5-1-2-6-18;;/h13-14H,1-12,17H2;2*1H. The Morgan fingerprint density at radius 3 is 2.00 bits per heavy atom. The number of rotatable bonds is 3. The molecule has 3 fully saturated rings. The molecule has 0 bridgehead atoms. The van der Waals surface area contributed by atoms with Crippen molar-refractivity contribution in [3.8, 4) is 0 Å². The minimum absolute atomic E-state index is 0. The Bertz CT molecular complexity index is 424. The van der Waals surface area contributed by atoms with E-state index in [-0.39, 0.29) is 48.6 Å². The van der Waals surface area contributed by atoms with Gasteiger partial charge in [0.2, 0.25) is 11.8 Å². The lowest BCUT2D eigenvalue weighted by Gasteiger charge is -2.36. The molecular formula is C16H30Cl2N4O2. The molecule has 0 aromatic carbocycles. The Morgan fingerprint density at radius 1 is 0.875 bits per heavy atom. The van der Waals surface area contributed by atoms with Crippen LogP contribution in [0.5, 0.6) is 0 Å². The van der Waals surface area contributed by atoms with E-state index >= 15 is 0 Å². The fourth-order valence-corrected chi connectivity index (χ4v) is 3.91. The summed E-state index contributed by atoms with van der Waals surface area (Å²) in [5, 5.41) is 0. The molecule has 6 nitrogen and oxygen atoms in total. The van der Waals surface area contributed by atoms with Gasteiger partial charge in [0.1, 0.15) is 0 Å². The minimum Gasteiger partial charge on any atom is -0.339 e. The van der Waals surface area contributed by atoms with Gasteiger partial charge in [-0.15, -0.1) is 24.8 Å². The first-order valence-corrected chi connectivity index (χ1v) is 8.68. The third kappa shape index (κ3) is 5.22. The molecule has 2 unspecified atom stereocenters. The third-order valence-electron chi connectivity index (χ3n) is 5.32. The van der Waals surface area contributed by atoms with Gasteiger partial charge < -0.3 is 15.5 Å². The first-order chi connectivity index (χ1) is 10.6. The van der Waals surface area contributed by atoms with E-state index in [0.29, 0.717) is 32.7 Å². The Labute approximate surface area is 156 Å². The number of halogens is 2. The summed E-state index contributed by atoms with van der Waals surface area (Å²) in [6, 6.07) is 0.192. The van der Waals surface area contributed by atoms with Gasteiger partial charge in [-0.1, -0.05) is 0 Å². The van der Waals surface area contributed by atoms with Crippen LogP contribution in [0.4, 0.5) is 0 Å². The molecule has 2 saturated heterocycles. The highest BCUT2D eigenvalue weighted by Gasteiger charge is 2.33. The molecule has 2 aliphatic heterocycles. The second-order valence-corrected chi connectivity index (χ2v) is 6.96. The van der Waals surface area contributed by atoms with Crippen molar-refractivity contribution in [2.75, 3.05) is 45.8 Å². The highest BCUT2D eigenvalue weighted by molar-refractivity contribution is 5.85. The fraction of sp³-hybridized carbons (Fsp3) is 0.875. The van der Waals surface area contributed by atoms with Gasteiger partial charge >= 0.3 is 0 Å². The van der Waals surface area contributed by atoms with E-state index in [2.05, 4.69) is 4.90 Å². The van der Waals surface area contributed by atoms with E-state index in [9.17, 15) is 9.59 Å². The maximum absolute atomic E-state index is 12.5. The molecule has 140 valence electrons. The smallest absolute Gasteiger partial charge is 0.236 e. The molecular weight excluding hydrogens is 351 g/mol. The van der Waals surface area contributed by atoms with E-state index in [1.54, 1.807) is 0 Å². The number of likely N-dealkylation sites (tertiary alicyclic amines) is 1. The van der Waals surface area contributed by atoms with Crippen LogP contribution in [0.1, 0.15) is 32.1 Å². The Kier molecular flexibility index (Phi) is 8.77. The fourth-order valence-electron chi connectivity index (χ4n) is 3.91. The second kappa shape index (κ2) is 9.80. The maximum atomic E-state index is 12.5. The molecule has 0 aromatic rings. The van der Waals surface area contributed by atoms with E-state index in [1.165, 1.54) is 12.8 Å². The molecule has 0 spiro atoms. The van der Waals surface area contributed by atoms with Crippen LogP contribution >= 0.6 is 24.8 Å². The van der Waals surface area contributed by atoms with Crippen LogP contribution in [-0.2, 0) is 9.59 Å². The molecule has 0 aromatic heterocycles. The molecule has 2 N–H and O–H groups in total. The lowest BCUT2D eigenvalue weighted by Crippen LogP contribution is -2.53. The predicted octanol–water partition coefficient (Wildman–Crippen LogP) is 0.724. The van der Waals surface area contributed by atoms with Gasteiger partial charge in [-0.3, -0.25) is 14.5 Å². The van der Waals surface area contributed by atoms with Crippen molar-refractivity contribution < 1.29 is 9.59 Å². The van der Waals surface area contributed by atoms with Crippen LogP contribution in [-0.4, -0.2) is 78.4 Å². The van der Waals surface area contributed by atoms with E-state index in [4.69, 9.17) is 5.73 Å². The second-order valence-electron chi connectivity index (χ2n) is 6.96. The highest BCUT2D eigenvalue weighted by Crippen LogP contribution is 2.26. The number of carbonyl (C=O) groups excluding carboxylic acids is 2. The third-order valence-corrected chi connectivity index (χ3v) is 5.32. The van der Waals surface area contributed by atoms with Crippen LogP contribution < -0.4 is 5.73 Å². The Balaban J connectivity index is 0.00000144. The summed E-state index contributed by atoms with van der Waals surface area (Å²) >= 11 is 0. The molecule has 1 saturated carbocycles. The van der Waals surface area contributed by atoms with Crippen molar-refractivity contribution in [3.05, 3.63) is 0 Å². The number of nitrogens with two attached hydrogens (primary N) is 1. The number of hydrogen-bond acceptors (Lipinski definition) is 4. The van der Waals surface area contributed by atoms with Gasteiger partial charge in [0.15, 0.2) is 0 Å². The van der Waals surface area contributed by atoms with Crippen LogP contribution in [0.25, 0.3) is 0 Å². The zero-order valence-electron chi connectivity index (χ0n) is 14.2.